The Morgan fingerprint density at radius 2 is 1.73 bits per heavy atom. The first kappa shape index (κ1) is 20.3. The van der Waals surface area contributed by atoms with Crippen LogP contribution in [0.1, 0.15) is 5.56 Å². The highest BCUT2D eigenvalue weighted by Crippen LogP contribution is 2.41. The lowest BCUT2D eigenvalue weighted by Crippen LogP contribution is -2.42. The topological polar surface area (TPSA) is 65.3 Å². The number of aromatic nitrogens is 1. The number of halogens is 1. The molecule has 0 N–H and O–H groups in total. The van der Waals surface area contributed by atoms with Crippen molar-refractivity contribution >= 4 is 34.7 Å². The number of nitrogens with zero attached hydrogens (tertiary/aromatic N) is 3. The van der Waals surface area contributed by atoms with Crippen LogP contribution < -0.4 is 34.0 Å². The number of fused-ring (bicyclic) bond motifs is 1. The number of rotatable bonds is 5. The van der Waals surface area contributed by atoms with Gasteiger partial charge in [-0.2, -0.15) is 0 Å². The van der Waals surface area contributed by atoms with Gasteiger partial charge in [0, 0.05) is 22.8 Å². The first-order valence-corrected chi connectivity index (χ1v) is 10.3. The zero-order chi connectivity index (χ0) is 21.3. The molecule has 0 amide bonds. The van der Waals surface area contributed by atoms with Gasteiger partial charge in [0.2, 0.25) is 5.75 Å². The van der Waals surface area contributed by atoms with Crippen LogP contribution in [0.15, 0.2) is 46.2 Å². The summed E-state index contributed by atoms with van der Waals surface area (Å²) < 4.78 is 18.6. The summed E-state index contributed by atoms with van der Waals surface area (Å²) in [5.41, 5.74) is 1.66. The van der Waals surface area contributed by atoms with Gasteiger partial charge >= 0.3 is 0 Å². The van der Waals surface area contributed by atoms with Crippen molar-refractivity contribution in [1.82, 2.24) is 4.57 Å². The van der Waals surface area contributed by atoms with E-state index in [1.54, 1.807) is 38.0 Å². The van der Waals surface area contributed by atoms with Crippen LogP contribution in [0, 0.1) is 0 Å². The number of methoxy groups -OCH3 is 3. The van der Waals surface area contributed by atoms with Crippen molar-refractivity contribution in [2.75, 3.05) is 32.9 Å². The van der Waals surface area contributed by atoms with Crippen molar-refractivity contribution in [1.29, 1.82) is 0 Å². The summed E-state index contributed by atoms with van der Waals surface area (Å²) in [5.74, 6) is 1.62. The third-order valence-electron chi connectivity index (χ3n) is 4.76. The molecule has 7 nitrogen and oxygen atoms in total. The van der Waals surface area contributed by atoms with Crippen molar-refractivity contribution in [3.8, 4) is 17.2 Å². The number of hydrogen-bond donors (Lipinski definition) is 0. The molecule has 0 spiro atoms. The van der Waals surface area contributed by atoms with Crippen LogP contribution in [-0.4, -0.2) is 32.6 Å². The largest absolute Gasteiger partial charge is 0.493 e. The average Bonchev–Trinajstić information content (AvgIpc) is 3.08. The van der Waals surface area contributed by atoms with Gasteiger partial charge in [0.05, 0.1) is 25.9 Å². The van der Waals surface area contributed by atoms with E-state index < -0.39 is 0 Å². The van der Waals surface area contributed by atoms with Crippen LogP contribution in [-0.2, 0) is 6.67 Å². The minimum absolute atomic E-state index is 0.0779. The fraction of sp³-hybridized carbons (Fsp3) is 0.238. The molecule has 1 aliphatic heterocycles. The number of ether oxygens (including phenoxy) is 3. The average molecular weight is 446 g/mol. The van der Waals surface area contributed by atoms with Crippen LogP contribution in [0.5, 0.6) is 17.2 Å². The van der Waals surface area contributed by atoms with Crippen LogP contribution in [0.3, 0.4) is 0 Å². The third kappa shape index (κ3) is 3.76. The van der Waals surface area contributed by atoms with Crippen LogP contribution >= 0.6 is 22.9 Å². The zero-order valence-corrected chi connectivity index (χ0v) is 18.3. The molecule has 30 heavy (non-hydrogen) atoms. The monoisotopic (exact) mass is 445 g/mol. The SMILES string of the molecule is COc1cc(N2CN=c3sc(=Cc4ccc(Cl)cc4)c(=O)n3C2)cc(OC)c1OC. The van der Waals surface area contributed by atoms with E-state index in [4.69, 9.17) is 25.8 Å². The number of anilines is 1. The van der Waals surface area contributed by atoms with Gasteiger partial charge < -0.3 is 19.1 Å². The molecule has 3 aromatic rings. The minimum Gasteiger partial charge on any atom is -0.493 e. The molecule has 1 aliphatic rings. The van der Waals surface area contributed by atoms with E-state index in [0.717, 1.165) is 11.3 Å². The normalized spacial score (nSPS) is 13.6. The number of hydrogen-bond acceptors (Lipinski definition) is 7. The predicted molar refractivity (Wildman–Crippen MR) is 118 cm³/mol. The molecular weight excluding hydrogens is 426 g/mol. The smallest absolute Gasteiger partial charge is 0.271 e. The Morgan fingerprint density at radius 1 is 1.07 bits per heavy atom. The maximum absolute atomic E-state index is 13.0. The van der Waals surface area contributed by atoms with Gasteiger partial charge in [0.25, 0.3) is 5.56 Å². The quantitative estimate of drug-likeness (QED) is 0.603. The second-order valence-corrected chi connectivity index (χ2v) is 7.99. The Hall–Kier alpha value is -2.97. The van der Waals surface area contributed by atoms with E-state index in [1.165, 1.54) is 11.3 Å². The number of thiazole rings is 1. The molecular formula is C21H20ClN3O4S. The van der Waals surface area contributed by atoms with E-state index in [1.807, 2.05) is 35.2 Å². The summed E-state index contributed by atoms with van der Waals surface area (Å²) in [4.78, 5) is 20.2. The van der Waals surface area contributed by atoms with E-state index in [-0.39, 0.29) is 5.56 Å². The van der Waals surface area contributed by atoms with Crippen molar-refractivity contribution in [2.45, 2.75) is 6.67 Å². The number of benzene rings is 2. The molecule has 0 fully saturated rings. The van der Waals surface area contributed by atoms with E-state index in [0.29, 0.717) is 44.9 Å². The van der Waals surface area contributed by atoms with Gasteiger partial charge in [-0.15, -0.1) is 0 Å². The summed E-state index contributed by atoms with van der Waals surface area (Å²) in [5, 5.41) is 0.658. The standard InChI is InChI=1S/C21H20ClN3O4S/c1-27-16-9-15(10-17(28-2)19(16)29-3)24-11-23-21-25(12-24)20(26)18(30-21)8-13-4-6-14(22)7-5-13/h4-10H,11-12H2,1-3H3. The fourth-order valence-electron chi connectivity index (χ4n) is 3.24. The second-order valence-electron chi connectivity index (χ2n) is 6.54. The molecule has 0 atom stereocenters. The van der Waals surface area contributed by atoms with Crippen LogP contribution in [0.2, 0.25) is 5.02 Å². The summed E-state index contributed by atoms with van der Waals surface area (Å²) >= 11 is 7.32. The lowest BCUT2D eigenvalue weighted by Gasteiger charge is -2.27. The van der Waals surface area contributed by atoms with Crippen molar-refractivity contribution < 1.29 is 14.2 Å². The third-order valence-corrected chi connectivity index (χ3v) is 6.06. The molecule has 4 rings (SSSR count). The molecule has 1 aromatic heterocycles. The second kappa shape index (κ2) is 8.41. The maximum Gasteiger partial charge on any atom is 0.271 e. The minimum atomic E-state index is -0.0779. The van der Waals surface area contributed by atoms with E-state index >= 15 is 0 Å². The molecule has 0 bridgehead atoms. The highest BCUT2D eigenvalue weighted by Gasteiger charge is 2.20. The van der Waals surface area contributed by atoms with Crippen LogP contribution in [0.4, 0.5) is 5.69 Å². The maximum atomic E-state index is 13.0. The molecule has 0 saturated carbocycles. The lowest BCUT2D eigenvalue weighted by atomic mass is 10.2. The molecule has 0 radical (unpaired) electrons. The molecule has 0 aliphatic carbocycles. The van der Waals surface area contributed by atoms with Crippen molar-refractivity contribution in [3.05, 3.63) is 66.7 Å². The molecule has 9 heteroatoms. The van der Waals surface area contributed by atoms with Crippen molar-refractivity contribution in [3.63, 3.8) is 0 Å². The molecule has 156 valence electrons. The highest BCUT2D eigenvalue weighted by molar-refractivity contribution is 7.07. The fourth-order valence-corrected chi connectivity index (χ4v) is 4.32. The van der Waals surface area contributed by atoms with Gasteiger partial charge in [0.1, 0.15) is 13.3 Å². The Bertz CT molecular complexity index is 1230. The van der Waals surface area contributed by atoms with E-state index in [2.05, 4.69) is 4.99 Å². The van der Waals surface area contributed by atoms with Crippen molar-refractivity contribution in [2.24, 2.45) is 4.99 Å². The van der Waals surface area contributed by atoms with Gasteiger partial charge in [-0.1, -0.05) is 35.1 Å². The Labute approximate surface area is 182 Å². The lowest BCUT2D eigenvalue weighted by molar-refractivity contribution is 0.324. The van der Waals surface area contributed by atoms with E-state index in [9.17, 15) is 4.79 Å². The Balaban J connectivity index is 1.70. The predicted octanol–water partition coefficient (Wildman–Crippen LogP) is 2.47. The van der Waals surface area contributed by atoms with Gasteiger partial charge in [-0.3, -0.25) is 9.36 Å². The first-order valence-electron chi connectivity index (χ1n) is 9.10. The summed E-state index contributed by atoms with van der Waals surface area (Å²) in [6, 6.07) is 11.1. The first-order chi connectivity index (χ1) is 14.5. The summed E-state index contributed by atoms with van der Waals surface area (Å²) in [6.07, 6.45) is 1.86. The summed E-state index contributed by atoms with van der Waals surface area (Å²) in [7, 11) is 4.70. The van der Waals surface area contributed by atoms with Gasteiger partial charge in [-0.05, 0) is 23.8 Å². The Kier molecular flexibility index (Phi) is 5.69. The highest BCUT2D eigenvalue weighted by atomic mass is 35.5. The molecule has 2 aromatic carbocycles. The molecule has 0 saturated heterocycles. The Morgan fingerprint density at radius 3 is 2.33 bits per heavy atom. The van der Waals surface area contributed by atoms with Gasteiger partial charge in [0.15, 0.2) is 16.3 Å². The van der Waals surface area contributed by atoms with Crippen LogP contribution in [0.25, 0.3) is 6.08 Å². The summed E-state index contributed by atoms with van der Waals surface area (Å²) in [6.45, 7) is 0.792. The molecule has 0 unspecified atom stereocenters. The molecule has 2 heterocycles. The zero-order valence-electron chi connectivity index (χ0n) is 16.7. The van der Waals surface area contributed by atoms with Gasteiger partial charge in [-0.25, -0.2) is 4.99 Å².